The molecule has 2 saturated heterocycles. The second-order valence-corrected chi connectivity index (χ2v) is 10.2. The van der Waals surface area contributed by atoms with Crippen molar-refractivity contribution in [3.63, 3.8) is 0 Å². The third kappa shape index (κ3) is 3.37. The van der Waals surface area contributed by atoms with Crippen LogP contribution in [0.1, 0.15) is 44.7 Å². The largest absolute Gasteiger partial charge is 0.396 e. The van der Waals surface area contributed by atoms with E-state index in [1.807, 2.05) is 55.5 Å². The van der Waals surface area contributed by atoms with Crippen LogP contribution in [0.3, 0.4) is 0 Å². The molecule has 3 aliphatic heterocycles. The highest BCUT2D eigenvalue weighted by Gasteiger charge is 2.65. The van der Waals surface area contributed by atoms with E-state index in [0.717, 1.165) is 29.0 Å². The smallest absolute Gasteiger partial charge is 0.264 e. The molecule has 5 rings (SSSR count). The molecule has 7 nitrogen and oxygen atoms in total. The normalized spacial score (nSPS) is 28.6. The number of hydrogen-bond acceptors (Lipinski definition) is 5. The lowest BCUT2D eigenvalue weighted by Crippen LogP contribution is -2.46. The van der Waals surface area contributed by atoms with E-state index in [-0.39, 0.29) is 30.3 Å². The summed E-state index contributed by atoms with van der Waals surface area (Å²) < 4.78 is 6.54. The molecule has 2 amide bonds. The number of para-hydroxylation sites is 1. The summed E-state index contributed by atoms with van der Waals surface area (Å²) in [5.41, 5.74) is 1.16. The standard InChI is InChI=1S/C27H32N2O5/c1-17-24(26(2,3)33)22(13-15-30)34-27(17)20-6-4-5-7-21(20)29(25(27)32)16-18-8-10-19(11-9-18)28-14-12-23(28)31/h4-11,17,22,24,30,33H,12-16H2,1-3H3/t17-,22+,24-,27+/m0/s1. The number of carbonyl (C=O) groups is 2. The Hall–Kier alpha value is -2.74. The number of hydrogen-bond donors (Lipinski definition) is 2. The van der Waals surface area contributed by atoms with Crippen molar-refractivity contribution >= 4 is 23.2 Å². The molecule has 0 unspecified atom stereocenters. The molecular weight excluding hydrogens is 432 g/mol. The van der Waals surface area contributed by atoms with Gasteiger partial charge < -0.3 is 24.7 Å². The molecule has 34 heavy (non-hydrogen) atoms. The van der Waals surface area contributed by atoms with Gasteiger partial charge in [0.25, 0.3) is 5.91 Å². The maximum absolute atomic E-state index is 14.1. The van der Waals surface area contributed by atoms with E-state index in [0.29, 0.717) is 19.4 Å². The first-order chi connectivity index (χ1) is 16.2. The van der Waals surface area contributed by atoms with Crippen LogP contribution in [-0.4, -0.2) is 46.9 Å². The molecule has 2 fully saturated rings. The molecule has 180 valence electrons. The number of β-lactam (4-membered cyclic amide) rings is 1. The number of ether oxygens (including phenoxy) is 1. The van der Waals surface area contributed by atoms with E-state index in [2.05, 4.69) is 0 Å². The number of aliphatic hydroxyl groups excluding tert-OH is 1. The van der Waals surface area contributed by atoms with Gasteiger partial charge in [0.1, 0.15) is 0 Å². The van der Waals surface area contributed by atoms with Crippen LogP contribution in [0.4, 0.5) is 11.4 Å². The molecule has 2 N–H and O–H groups in total. The molecular formula is C27H32N2O5. The van der Waals surface area contributed by atoms with Crippen LogP contribution in [0.15, 0.2) is 48.5 Å². The third-order valence-electron chi connectivity index (χ3n) is 7.74. The van der Waals surface area contributed by atoms with Crippen LogP contribution in [0.25, 0.3) is 0 Å². The number of nitrogens with zero attached hydrogens (tertiary/aromatic N) is 2. The summed E-state index contributed by atoms with van der Waals surface area (Å²) in [4.78, 5) is 29.4. The molecule has 2 aromatic rings. The van der Waals surface area contributed by atoms with Gasteiger partial charge in [-0.2, -0.15) is 0 Å². The number of fused-ring (bicyclic) bond motifs is 2. The van der Waals surface area contributed by atoms with Gasteiger partial charge in [0.05, 0.1) is 23.9 Å². The van der Waals surface area contributed by atoms with Gasteiger partial charge in [-0.15, -0.1) is 0 Å². The van der Waals surface area contributed by atoms with Gasteiger partial charge >= 0.3 is 0 Å². The molecule has 2 aromatic carbocycles. The Balaban J connectivity index is 1.49. The molecule has 7 heteroatoms. The van der Waals surface area contributed by atoms with Crippen molar-refractivity contribution in [2.45, 2.75) is 57.5 Å². The fraction of sp³-hybridized carbons (Fsp3) is 0.481. The molecule has 0 aliphatic carbocycles. The van der Waals surface area contributed by atoms with E-state index in [1.54, 1.807) is 23.6 Å². The van der Waals surface area contributed by atoms with E-state index in [4.69, 9.17) is 4.74 Å². The first-order valence-corrected chi connectivity index (χ1v) is 12.0. The summed E-state index contributed by atoms with van der Waals surface area (Å²) in [7, 11) is 0. The Morgan fingerprint density at radius 3 is 2.41 bits per heavy atom. The van der Waals surface area contributed by atoms with Crippen LogP contribution >= 0.6 is 0 Å². The molecule has 0 bridgehead atoms. The highest BCUT2D eigenvalue weighted by atomic mass is 16.5. The zero-order valence-corrected chi connectivity index (χ0v) is 19.9. The summed E-state index contributed by atoms with van der Waals surface area (Å²) in [5, 5.41) is 20.6. The fourth-order valence-electron chi connectivity index (χ4n) is 6.14. The van der Waals surface area contributed by atoms with Crippen LogP contribution in [0.5, 0.6) is 0 Å². The van der Waals surface area contributed by atoms with Crippen LogP contribution in [0.2, 0.25) is 0 Å². The monoisotopic (exact) mass is 464 g/mol. The zero-order chi connectivity index (χ0) is 24.3. The van der Waals surface area contributed by atoms with Gasteiger partial charge in [-0.3, -0.25) is 9.59 Å². The molecule has 0 aromatic heterocycles. The minimum atomic E-state index is -1.20. The first-order valence-electron chi connectivity index (χ1n) is 12.0. The summed E-state index contributed by atoms with van der Waals surface area (Å²) in [6, 6.07) is 15.4. The van der Waals surface area contributed by atoms with Gasteiger partial charge in [0.15, 0.2) is 5.60 Å². The van der Waals surface area contributed by atoms with Crippen molar-refractivity contribution in [1.82, 2.24) is 0 Å². The van der Waals surface area contributed by atoms with E-state index in [1.165, 1.54) is 0 Å². The van der Waals surface area contributed by atoms with Gasteiger partial charge in [-0.1, -0.05) is 37.3 Å². The lowest BCUT2D eigenvalue weighted by molar-refractivity contribution is -0.146. The van der Waals surface area contributed by atoms with Crippen molar-refractivity contribution in [2.24, 2.45) is 11.8 Å². The molecule has 3 aliphatic rings. The van der Waals surface area contributed by atoms with Crippen molar-refractivity contribution in [2.75, 3.05) is 23.0 Å². The van der Waals surface area contributed by atoms with E-state index >= 15 is 0 Å². The van der Waals surface area contributed by atoms with E-state index in [9.17, 15) is 19.8 Å². The zero-order valence-electron chi connectivity index (χ0n) is 19.9. The number of carbonyl (C=O) groups excluding carboxylic acids is 2. The SMILES string of the molecule is C[C@H]1[C@H](C(C)(C)O)[C@@H](CCO)O[C@]12C(=O)N(Cc1ccc(N3CCC3=O)cc1)c1ccccc12. The Labute approximate surface area is 199 Å². The van der Waals surface area contributed by atoms with Crippen LogP contribution in [-0.2, 0) is 26.5 Å². The molecule has 0 radical (unpaired) electrons. The maximum Gasteiger partial charge on any atom is 0.264 e. The Morgan fingerprint density at radius 1 is 1.12 bits per heavy atom. The second kappa shape index (κ2) is 8.18. The lowest BCUT2D eigenvalue weighted by Gasteiger charge is -2.34. The Morgan fingerprint density at radius 2 is 1.82 bits per heavy atom. The van der Waals surface area contributed by atoms with Gasteiger partial charge in [0, 0.05) is 42.7 Å². The minimum absolute atomic E-state index is 0.0779. The predicted molar refractivity (Wildman–Crippen MR) is 128 cm³/mol. The maximum atomic E-state index is 14.1. The average Bonchev–Trinajstić information content (AvgIpc) is 3.21. The second-order valence-electron chi connectivity index (χ2n) is 10.2. The number of benzene rings is 2. The van der Waals surface area contributed by atoms with Crippen LogP contribution in [0, 0.1) is 11.8 Å². The lowest BCUT2D eigenvalue weighted by atomic mass is 9.71. The summed E-state index contributed by atoms with van der Waals surface area (Å²) in [5.74, 6) is -0.616. The number of aliphatic hydroxyl groups is 2. The van der Waals surface area contributed by atoms with Gasteiger partial charge in [-0.25, -0.2) is 0 Å². The summed E-state index contributed by atoms with van der Waals surface area (Å²) >= 11 is 0. The van der Waals surface area contributed by atoms with E-state index < -0.39 is 17.3 Å². The summed E-state index contributed by atoms with van der Waals surface area (Å²) in [6.45, 7) is 6.50. The minimum Gasteiger partial charge on any atom is -0.396 e. The topological polar surface area (TPSA) is 90.3 Å². The van der Waals surface area contributed by atoms with Crippen LogP contribution < -0.4 is 9.80 Å². The third-order valence-corrected chi connectivity index (χ3v) is 7.74. The fourth-order valence-corrected chi connectivity index (χ4v) is 6.14. The quantitative estimate of drug-likeness (QED) is 0.642. The number of anilines is 2. The first kappa shape index (κ1) is 23.0. The average molecular weight is 465 g/mol. The molecule has 4 atom stereocenters. The highest BCUT2D eigenvalue weighted by molar-refractivity contribution is 6.07. The molecule has 1 spiro atoms. The number of rotatable bonds is 6. The predicted octanol–water partition coefficient (Wildman–Crippen LogP) is 2.97. The van der Waals surface area contributed by atoms with Crippen molar-refractivity contribution in [1.29, 1.82) is 0 Å². The van der Waals surface area contributed by atoms with Gasteiger partial charge in [-0.05, 0) is 44.0 Å². The Kier molecular flexibility index (Phi) is 5.54. The van der Waals surface area contributed by atoms with Gasteiger partial charge in [0.2, 0.25) is 5.91 Å². The summed E-state index contributed by atoms with van der Waals surface area (Å²) in [6.07, 6.45) is 0.502. The van der Waals surface area contributed by atoms with Crippen molar-refractivity contribution < 1.29 is 24.5 Å². The molecule has 0 saturated carbocycles. The molecule has 3 heterocycles. The number of amides is 2. The highest BCUT2D eigenvalue weighted by Crippen LogP contribution is 2.57. The van der Waals surface area contributed by atoms with Crippen molar-refractivity contribution in [3.8, 4) is 0 Å². The Bertz CT molecular complexity index is 1110. The van der Waals surface area contributed by atoms with Crippen molar-refractivity contribution in [3.05, 3.63) is 59.7 Å².